The van der Waals surface area contributed by atoms with Crippen LogP contribution in [0.3, 0.4) is 0 Å². The maximum Gasteiger partial charge on any atom is 0.321 e. The lowest BCUT2D eigenvalue weighted by molar-refractivity contribution is 0.176. The number of urea groups is 1. The third-order valence-electron chi connectivity index (χ3n) is 3.99. The Kier molecular flexibility index (Phi) is 4.50. The maximum absolute atomic E-state index is 12.4. The van der Waals surface area contributed by atoms with Crippen molar-refractivity contribution in [1.82, 2.24) is 25.2 Å². The fraction of sp³-hybridized carbons (Fsp3) is 0.533. The minimum atomic E-state index is -0.102. The Morgan fingerprint density at radius 1 is 1.48 bits per heavy atom. The maximum atomic E-state index is 12.4. The smallest absolute Gasteiger partial charge is 0.321 e. The van der Waals surface area contributed by atoms with Gasteiger partial charge in [-0.05, 0) is 31.7 Å². The summed E-state index contributed by atoms with van der Waals surface area (Å²) < 4.78 is 5.01. The van der Waals surface area contributed by atoms with Gasteiger partial charge in [0, 0.05) is 26.4 Å². The number of piperidine rings is 1. The summed E-state index contributed by atoms with van der Waals surface area (Å²) >= 11 is 0. The number of anilines is 1. The Labute approximate surface area is 134 Å². The van der Waals surface area contributed by atoms with E-state index in [9.17, 15) is 4.79 Å². The van der Waals surface area contributed by atoms with Crippen molar-refractivity contribution in [3.63, 3.8) is 0 Å². The molecular weight excluding hydrogens is 296 g/mol. The monoisotopic (exact) mass is 316 g/mol. The van der Waals surface area contributed by atoms with Crippen molar-refractivity contribution >= 4 is 11.7 Å². The number of aryl methyl sites for hydroxylation is 2. The van der Waals surface area contributed by atoms with Gasteiger partial charge in [-0.2, -0.15) is 15.2 Å². The van der Waals surface area contributed by atoms with E-state index in [1.807, 2.05) is 11.8 Å². The van der Waals surface area contributed by atoms with E-state index in [0.29, 0.717) is 35.6 Å². The minimum absolute atomic E-state index is 0.102. The molecule has 8 nitrogen and oxygen atoms in total. The number of nitrogens with zero attached hydrogens (tertiary/aromatic N) is 5. The quantitative estimate of drug-likeness (QED) is 0.929. The van der Waals surface area contributed by atoms with Crippen LogP contribution in [0.2, 0.25) is 0 Å². The van der Waals surface area contributed by atoms with E-state index in [1.54, 1.807) is 19.2 Å². The highest BCUT2D eigenvalue weighted by Crippen LogP contribution is 2.21. The van der Waals surface area contributed by atoms with E-state index in [-0.39, 0.29) is 6.03 Å². The number of likely N-dealkylation sites (tertiary alicyclic amines) is 1. The molecule has 1 atom stereocenters. The second-order valence-corrected chi connectivity index (χ2v) is 5.85. The van der Waals surface area contributed by atoms with Crippen LogP contribution < -0.4 is 5.32 Å². The van der Waals surface area contributed by atoms with Gasteiger partial charge in [-0.3, -0.25) is 0 Å². The molecule has 122 valence electrons. The van der Waals surface area contributed by atoms with Gasteiger partial charge in [0.2, 0.25) is 5.89 Å². The topological polar surface area (TPSA) is 97.0 Å². The molecule has 8 heteroatoms. The van der Waals surface area contributed by atoms with Gasteiger partial charge in [-0.15, -0.1) is 0 Å². The Hall–Kier alpha value is -2.51. The first-order valence-electron chi connectivity index (χ1n) is 7.75. The second-order valence-electron chi connectivity index (χ2n) is 5.85. The van der Waals surface area contributed by atoms with Crippen LogP contribution in [-0.4, -0.2) is 44.4 Å². The molecule has 2 aromatic rings. The van der Waals surface area contributed by atoms with Crippen LogP contribution in [0.15, 0.2) is 16.8 Å². The molecule has 0 spiro atoms. The molecule has 0 bridgehead atoms. The van der Waals surface area contributed by atoms with E-state index in [0.717, 1.165) is 25.8 Å². The summed E-state index contributed by atoms with van der Waals surface area (Å²) in [5.74, 6) is 1.64. The van der Waals surface area contributed by atoms with Crippen LogP contribution in [0.25, 0.3) is 0 Å². The number of hydrogen-bond acceptors (Lipinski definition) is 6. The molecule has 2 aromatic heterocycles. The van der Waals surface area contributed by atoms with Crippen molar-refractivity contribution in [3.8, 4) is 0 Å². The van der Waals surface area contributed by atoms with Gasteiger partial charge in [0.1, 0.15) is 0 Å². The summed E-state index contributed by atoms with van der Waals surface area (Å²) in [6.07, 6.45) is 4.34. The van der Waals surface area contributed by atoms with Crippen LogP contribution >= 0.6 is 0 Å². The molecule has 2 amide bonds. The molecule has 23 heavy (non-hydrogen) atoms. The predicted octanol–water partition coefficient (Wildman–Crippen LogP) is 1.96. The fourth-order valence-electron chi connectivity index (χ4n) is 2.83. The summed E-state index contributed by atoms with van der Waals surface area (Å²) in [5.41, 5.74) is 1.40. The molecule has 0 aliphatic carbocycles. The molecule has 0 saturated carbocycles. The number of aromatic nitrogens is 4. The molecule has 3 rings (SSSR count). The third kappa shape index (κ3) is 3.82. The fourth-order valence-corrected chi connectivity index (χ4v) is 2.83. The Morgan fingerprint density at radius 3 is 3.09 bits per heavy atom. The summed E-state index contributed by atoms with van der Waals surface area (Å²) in [7, 11) is 0. The molecule has 0 radical (unpaired) electrons. The molecule has 1 saturated heterocycles. The Bertz CT molecular complexity index is 686. The normalized spacial score (nSPS) is 18.0. The van der Waals surface area contributed by atoms with Gasteiger partial charge >= 0.3 is 6.03 Å². The van der Waals surface area contributed by atoms with Crippen molar-refractivity contribution in [2.75, 3.05) is 18.4 Å². The molecule has 0 aromatic carbocycles. The van der Waals surface area contributed by atoms with Crippen molar-refractivity contribution in [1.29, 1.82) is 0 Å². The number of amides is 2. The van der Waals surface area contributed by atoms with Crippen molar-refractivity contribution in [2.45, 2.75) is 33.1 Å². The average Bonchev–Trinajstić information content (AvgIpc) is 2.95. The summed E-state index contributed by atoms with van der Waals surface area (Å²) in [5, 5.41) is 14.6. The van der Waals surface area contributed by atoms with Crippen LogP contribution in [0.4, 0.5) is 10.5 Å². The van der Waals surface area contributed by atoms with E-state index >= 15 is 0 Å². The molecular formula is C15H20N6O2. The largest absolute Gasteiger partial charge is 0.340 e. The molecule has 3 heterocycles. The van der Waals surface area contributed by atoms with E-state index < -0.39 is 0 Å². The Morgan fingerprint density at radius 2 is 2.35 bits per heavy atom. The highest BCUT2D eigenvalue weighted by atomic mass is 16.5. The zero-order valence-corrected chi connectivity index (χ0v) is 13.3. The average molecular weight is 316 g/mol. The van der Waals surface area contributed by atoms with Crippen LogP contribution in [-0.2, 0) is 6.42 Å². The van der Waals surface area contributed by atoms with Crippen LogP contribution in [0.5, 0.6) is 0 Å². The van der Waals surface area contributed by atoms with E-state index in [2.05, 4.69) is 25.7 Å². The van der Waals surface area contributed by atoms with Gasteiger partial charge in [-0.1, -0.05) is 5.16 Å². The summed E-state index contributed by atoms with van der Waals surface area (Å²) in [6, 6.07) is 1.65. The molecule has 1 aliphatic heterocycles. The van der Waals surface area contributed by atoms with Gasteiger partial charge in [-0.25, -0.2) is 4.79 Å². The highest BCUT2D eigenvalue weighted by molar-refractivity contribution is 5.89. The number of rotatable bonds is 3. The summed E-state index contributed by atoms with van der Waals surface area (Å²) in [4.78, 5) is 18.5. The molecule has 1 unspecified atom stereocenters. The minimum Gasteiger partial charge on any atom is -0.340 e. The number of carbonyl (C=O) groups is 1. The SMILES string of the molecule is Cc1nc(CC2CCCN(C(=O)Nc3ccnnc3C)C2)no1. The van der Waals surface area contributed by atoms with Crippen LogP contribution in [0.1, 0.15) is 30.3 Å². The van der Waals surface area contributed by atoms with Gasteiger partial charge in [0.05, 0.1) is 17.6 Å². The number of nitrogens with one attached hydrogen (secondary N) is 1. The first-order valence-corrected chi connectivity index (χ1v) is 7.75. The zero-order chi connectivity index (χ0) is 16.2. The van der Waals surface area contributed by atoms with Gasteiger partial charge in [0.25, 0.3) is 0 Å². The Balaban J connectivity index is 1.59. The second kappa shape index (κ2) is 6.72. The lowest BCUT2D eigenvalue weighted by atomic mass is 9.95. The first-order chi connectivity index (χ1) is 11.1. The lowest BCUT2D eigenvalue weighted by Crippen LogP contribution is -2.43. The predicted molar refractivity (Wildman–Crippen MR) is 82.8 cm³/mol. The summed E-state index contributed by atoms with van der Waals surface area (Å²) in [6.45, 7) is 5.05. The first kappa shape index (κ1) is 15.4. The van der Waals surface area contributed by atoms with E-state index in [1.165, 1.54) is 0 Å². The van der Waals surface area contributed by atoms with Crippen molar-refractivity contribution in [2.24, 2.45) is 5.92 Å². The standard InChI is InChI=1S/C15H20N6O2/c1-10-13(5-6-16-19-10)18-15(22)21-7-3-4-12(9-21)8-14-17-11(2)23-20-14/h5-6,12H,3-4,7-9H2,1-2H3,(H,16,18,22). The van der Waals surface area contributed by atoms with Gasteiger partial charge in [0.15, 0.2) is 5.82 Å². The highest BCUT2D eigenvalue weighted by Gasteiger charge is 2.25. The third-order valence-corrected chi connectivity index (χ3v) is 3.99. The number of hydrogen-bond donors (Lipinski definition) is 1. The molecule has 1 N–H and O–H groups in total. The van der Waals surface area contributed by atoms with E-state index in [4.69, 9.17) is 4.52 Å². The van der Waals surface area contributed by atoms with Crippen molar-refractivity contribution in [3.05, 3.63) is 29.7 Å². The lowest BCUT2D eigenvalue weighted by Gasteiger charge is -2.32. The molecule has 1 fully saturated rings. The van der Waals surface area contributed by atoms with Crippen LogP contribution in [0, 0.1) is 19.8 Å². The molecule has 1 aliphatic rings. The van der Waals surface area contributed by atoms with Crippen molar-refractivity contribution < 1.29 is 9.32 Å². The van der Waals surface area contributed by atoms with Gasteiger partial charge < -0.3 is 14.7 Å². The number of carbonyl (C=O) groups excluding carboxylic acids is 1. The zero-order valence-electron chi connectivity index (χ0n) is 13.3.